The molecular weight excluding hydrogens is 270 g/mol. The molecule has 0 aliphatic rings. The quantitative estimate of drug-likeness (QED) is 0.758. The molecular formula is C15H19N3O3. The van der Waals surface area contributed by atoms with Gasteiger partial charge in [0.2, 0.25) is 0 Å². The van der Waals surface area contributed by atoms with Crippen LogP contribution in [-0.4, -0.2) is 41.2 Å². The molecule has 0 fully saturated rings. The normalized spacial score (nSPS) is 10.9. The van der Waals surface area contributed by atoms with Crippen LogP contribution in [0, 0.1) is 6.92 Å². The Bertz CT molecular complexity index is 592. The van der Waals surface area contributed by atoms with Gasteiger partial charge in [-0.15, -0.1) is 0 Å². The fourth-order valence-electron chi connectivity index (χ4n) is 1.86. The Kier molecular flexibility index (Phi) is 5.05. The van der Waals surface area contributed by atoms with Crippen molar-refractivity contribution in [1.29, 1.82) is 0 Å². The van der Waals surface area contributed by atoms with Gasteiger partial charge in [-0.1, -0.05) is 22.9 Å². The number of benzene rings is 1. The number of aromatic nitrogens is 2. The van der Waals surface area contributed by atoms with Crippen molar-refractivity contribution < 1.29 is 14.1 Å². The van der Waals surface area contributed by atoms with Crippen LogP contribution in [0.25, 0.3) is 11.5 Å². The lowest BCUT2D eigenvalue weighted by Gasteiger charge is -2.12. The number of nitrogens with zero attached hydrogens (tertiary/aromatic N) is 3. The van der Waals surface area contributed by atoms with Gasteiger partial charge in [-0.25, -0.2) is 0 Å². The number of hydrogen-bond donors (Lipinski definition) is 0. The van der Waals surface area contributed by atoms with Gasteiger partial charge in [0.15, 0.2) is 5.82 Å². The summed E-state index contributed by atoms with van der Waals surface area (Å²) < 4.78 is 10.1. The summed E-state index contributed by atoms with van der Waals surface area (Å²) in [7, 11) is 1.80. The van der Waals surface area contributed by atoms with E-state index in [9.17, 15) is 4.79 Å². The molecule has 0 saturated heterocycles. The fraction of sp³-hybridized carbons (Fsp3) is 0.400. The molecule has 0 aliphatic heterocycles. The maximum Gasteiger partial charge on any atom is 0.320 e. The zero-order chi connectivity index (χ0) is 15.2. The van der Waals surface area contributed by atoms with Gasteiger partial charge >= 0.3 is 5.97 Å². The lowest BCUT2D eigenvalue weighted by Crippen LogP contribution is -2.27. The van der Waals surface area contributed by atoms with E-state index in [-0.39, 0.29) is 12.5 Å². The van der Waals surface area contributed by atoms with E-state index in [1.807, 2.05) is 31.2 Å². The average molecular weight is 289 g/mol. The van der Waals surface area contributed by atoms with E-state index in [0.717, 1.165) is 5.56 Å². The molecule has 0 atom stereocenters. The minimum absolute atomic E-state index is 0.197. The number of carbonyl (C=O) groups is 1. The van der Waals surface area contributed by atoms with Gasteiger partial charge in [0.05, 0.1) is 19.7 Å². The third kappa shape index (κ3) is 4.39. The minimum atomic E-state index is -0.262. The molecule has 0 aliphatic carbocycles. The van der Waals surface area contributed by atoms with Gasteiger partial charge in [-0.05, 0) is 33.0 Å². The van der Waals surface area contributed by atoms with E-state index in [0.29, 0.717) is 24.9 Å². The van der Waals surface area contributed by atoms with Gasteiger partial charge < -0.3 is 9.26 Å². The molecule has 1 aromatic heterocycles. The number of ether oxygens (including phenoxy) is 1. The Hall–Kier alpha value is -2.21. The summed E-state index contributed by atoms with van der Waals surface area (Å²) in [6.45, 7) is 4.81. The summed E-state index contributed by atoms with van der Waals surface area (Å²) in [4.78, 5) is 17.5. The second-order valence-electron chi connectivity index (χ2n) is 4.86. The van der Waals surface area contributed by atoms with E-state index in [1.165, 1.54) is 5.56 Å². The molecule has 21 heavy (non-hydrogen) atoms. The van der Waals surface area contributed by atoms with Crippen molar-refractivity contribution in [3.8, 4) is 11.5 Å². The molecule has 1 aromatic carbocycles. The molecule has 0 amide bonds. The van der Waals surface area contributed by atoms with Crippen LogP contribution < -0.4 is 0 Å². The monoisotopic (exact) mass is 289 g/mol. The third-order valence-electron chi connectivity index (χ3n) is 2.88. The zero-order valence-electron chi connectivity index (χ0n) is 12.5. The summed E-state index contributed by atoms with van der Waals surface area (Å²) in [6, 6.07) is 7.86. The number of likely N-dealkylation sites (N-methyl/N-ethyl adjacent to an activating group) is 1. The van der Waals surface area contributed by atoms with E-state index in [1.54, 1.807) is 18.9 Å². The van der Waals surface area contributed by atoms with Gasteiger partial charge in [-0.3, -0.25) is 9.69 Å². The van der Waals surface area contributed by atoms with Crippen LogP contribution in [0.15, 0.2) is 28.8 Å². The minimum Gasteiger partial charge on any atom is -0.465 e. The SMILES string of the molecule is CCOC(=O)CN(C)Cc1noc(-c2ccc(C)cc2)n1. The fourth-order valence-corrected chi connectivity index (χ4v) is 1.86. The molecule has 1 heterocycles. The van der Waals surface area contributed by atoms with Gasteiger partial charge in [0, 0.05) is 5.56 Å². The van der Waals surface area contributed by atoms with Crippen LogP contribution in [0.1, 0.15) is 18.3 Å². The van der Waals surface area contributed by atoms with Gasteiger partial charge in [0.1, 0.15) is 0 Å². The third-order valence-corrected chi connectivity index (χ3v) is 2.88. The van der Waals surface area contributed by atoms with Crippen molar-refractivity contribution in [3.05, 3.63) is 35.7 Å². The molecule has 0 bridgehead atoms. The first kappa shape index (κ1) is 15.2. The predicted octanol–water partition coefficient (Wildman–Crippen LogP) is 2.04. The standard InChI is InChI=1S/C15H19N3O3/c1-4-20-14(19)10-18(3)9-13-16-15(21-17-13)12-7-5-11(2)6-8-12/h5-8H,4,9-10H2,1-3H3. The summed E-state index contributed by atoms with van der Waals surface area (Å²) in [6.07, 6.45) is 0. The lowest BCUT2D eigenvalue weighted by molar-refractivity contribution is -0.144. The number of carbonyl (C=O) groups excluding carboxylic acids is 1. The molecule has 0 saturated carbocycles. The van der Waals surface area contributed by atoms with Crippen molar-refractivity contribution in [3.63, 3.8) is 0 Å². The Morgan fingerprint density at radius 3 is 2.71 bits per heavy atom. The van der Waals surface area contributed by atoms with E-state index in [4.69, 9.17) is 9.26 Å². The Morgan fingerprint density at radius 2 is 2.05 bits per heavy atom. The molecule has 6 heteroatoms. The smallest absolute Gasteiger partial charge is 0.320 e. The van der Waals surface area contributed by atoms with Crippen LogP contribution in [-0.2, 0) is 16.1 Å². The van der Waals surface area contributed by atoms with Crippen LogP contribution in [0.4, 0.5) is 0 Å². The summed E-state index contributed by atoms with van der Waals surface area (Å²) in [5, 5.41) is 3.93. The Labute approximate surface area is 123 Å². The molecule has 2 rings (SSSR count). The van der Waals surface area contributed by atoms with Crippen molar-refractivity contribution >= 4 is 5.97 Å². The molecule has 0 radical (unpaired) electrons. The number of hydrogen-bond acceptors (Lipinski definition) is 6. The lowest BCUT2D eigenvalue weighted by atomic mass is 10.1. The molecule has 0 spiro atoms. The van der Waals surface area contributed by atoms with Gasteiger partial charge in [0.25, 0.3) is 5.89 Å². The second kappa shape index (κ2) is 6.99. The van der Waals surface area contributed by atoms with Crippen LogP contribution in [0.5, 0.6) is 0 Å². The molecule has 0 N–H and O–H groups in total. The first-order chi connectivity index (χ1) is 10.1. The van der Waals surface area contributed by atoms with Crippen LogP contribution in [0.3, 0.4) is 0 Å². The molecule has 112 valence electrons. The van der Waals surface area contributed by atoms with Crippen molar-refractivity contribution in [2.24, 2.45) is 0 Å². The Morgan fingerprint density at radius 1 is 1.33 bits per heavy atom. The number of esters is 1. The summed E-state index contributed by atoms with van der Waals surface area (Å²) in [5.74, 6) is 0.758. The van der Waals surface area contributed by atoms with E-state index < -0.39 is 0 Å². The topological polar surface area (TPSA) is 68.5 Å². The predicted molar refractivity (Wildman–Crippen MR) is 77.4 cm³/mol. The summed E-state index contributed by atoms with van der Waals surface area (Å²) >= 11 is 0. The zero-order valence-corrected chi connectivity index (χ0v) is 12.5. The first-order valence-corrected chi connectivity index (χ1v) is 6.82. The van der Waals surface area contributed by atoms with E-state index in [2.05, 4.69) is 10.1 Å². The average Bonchev–Trinajstić information content (AvgIpc) is 2.88. The van der Waals surface area contributed by atoms with Crippen molar-refractivity contribution in [1.82, 2.24) is 15.0 Å². The largest absolute Gasteiger partial charge is 0.465 e. The summed E-state index contributed by atoms with van der Waals surface area (Å²) in [5.41, 5.74) is 2.06. The molecule has 0 unspecified atom stereocenters. The molecule has 6 nitrogen and oxygen atoms in total. The second-order valence-corrected chi connectivity index (χ2v) is 4.86. The van der Waals surface area contributed by atoms with Crippen molar-refractivity contribution in [2.45, 2.75) is 20.4 Å². The maximum absolute atomic E-state index is 11.4. The molecule has 2 aromatic rings. The van der Waals surface area contributed by atoms with Gasteiger partial charge in [-0.2, -0.15) is 4.98 Å². The van der Waals surface area contributed by atoms with Crippen LogP contribution >= 0.6 is 0 Å². The highest BCUT2D eigenvalue weighted by atomic mass is 16.5. The number of rotatable bonds is 6. The maximum atomic E-state index is 11.4. The van der Waals surface area contributed by atoms with Crippen molar-refractivity contribution in [2.75, 3.05) is 20.2 Å². The van der Waals surface area contributed by atoms with E-state index >= 15 is 0 Å². The van der Waals surface area contributed by atoms with Crippen LogP contribution in [0.2, 0.25) is 0 Å². The first-order valence-electron chi connectivity index (χ1n) is 6.82. The highest BCUT2D eigenvalue weighted by molar-refractivity contribution is 5.71. The Balaban J connectivity index is 1.96. The highest BCUT2D eigenvalue weighted by Gasteiger charge is 2.13. The highest BCUT2D eigenvalue weighted by Crippen LogP contribution is 2.17. The number of aryl methyl sites for hydroxylation is 1.